The SMILES string of the molecule is COc1ccc(-c2cnc(N3CCC(NCc4ccc(SCC(=O)NO)cc4)CC3)c(C#N)c2-c2ccc(C#N)c(F)c2)cc1O. The number of hydrogen-bond acceptors (Lipinski definition) is 10. The summed E-state index contributed by atoms with van der Waals surface area (Å²) in [6.07, 6.45) is 3.25. The van der Waals surface area contributed by atoms with Gasteiger partial charge < -0.3 is 20.1 Å². The van der Waals surface area contributed by atoms with Crippen LogP contribution < -0.4 is 20.4 Å². The summed E-state index contributed by atoms with van der Waals surface area (Å²) < 4.78 is 20.0. The molecule has 5 rings (SSSR count). The summed E-state index contributed by atoms with van der Waals surface area (Å²) in [7, 11) is 1.45. The minimum absolute atomic E-state index is 0.0870. The first-order chi connectivity index (χ1) is 22.3. The van der Waals surface area contributed by atoms with E-state index in [1.807, 2.05) is 30.3 Å². The number of piperidine rings is 1. The third-order valence-electron chi connectivity index (χ3n) is 7.85. The van der Waals surface area contributed by atoms with Gasteiger partial charge in [-0.2, -0.15) is 10.5 Å². The molecular weight excluding hydrogens is 607 g/mol. The number of nitrogens with zero attached hydrogens (tertiary/aromatic N) is 4. The Bertz CT molecular complexity index is 1810. The van der Waals surface area contributed by atoms with Crippen LogP contribution in [0.5, 0.6) is 11.5 Å². The van der Waals surface area contributed by atoms with Crippen molar-refractivity contribution < 1.29 is 24.2 Å². The molecule has 0 radical (unpaired) electrons. The van der Waals surface area contributed by atoms with Crippen LogP contribution in [-0.4, -0.2) is 53.2 Å². The number of halogens is 1. The smallest absolute Gasteiger partial charge is 0.253 e. The van der Waals surface area contributed by atoms with E-state index in [9.17, 15) is 24.8 Å². The first kappa shape index (κ1) is 32.3. The summed E-state index contributed by atoms with van der Waals surface area (Å²) >= 11 is 1.34. The predicted octanol–water partition coefficient (Wildman–Crippen LogP) is 5.37. The van der Waals surface area contributed by atoms with E-state index in [0.717, 1.165) is 23.3 Å². The minimum Gasteiger partial charge on any atom is -0.504 e. The van der Waals surface area contributed by atoms with E-state index in [4.69, 9.17) is 14.9 Å². The number of nitriles is 2. The monoisotopic (exact) mass is 638 g/mol. The Labute approximate surface area is 270 Å². The highest BCUT2D eigenvalue weighted by molar-refractivity contribution is 8.00. The number of hydrogen-bond donors (Lipinski definition) is 4. The molecule has 0 atom stereocenters. The third-order valence-corrected chi connectivity index (χ3v) is 8.86. The number of carbonyl (C=O) groups excluding carboxylic acids is 1. The number of aromatic hydroxyl groups is 1. The van der Waals surface area contributed by atoms with Gasteiger partial charge in [0.15, 0.2) is 11.5 Å². The van der Waals surface area contributed by atoms with Crippen LogP contribution in [0.1, 0.15) is 29.5 Å². The third kappa shape index (κ3) is 7.22. The maximum atomic E-state index is 14.8. The van der Waals surface area contributed by atoms with E-state index >= 15 is 0 Å². The van der Waals surface area contributed by atoms with Crippen LogP contribution in [0.2, 0.25) is 0 Å². The Morgan fingerprint density at radius 1 is 1.09 bits per heavy atom. The topological polar surface area (TPSA) is 155 Å². The van der Waals surface area contributed by atoms with Gasteiger partial charge in [-0.05, 0) is 65.9 Å². The summed E-state index contributed by atoms with van der Waals surface area (Å²) in [5, 5.41) is 42.4. The number of phenols is 1. The molecule has 3 aromatic carbocycles. The molecular formula is C34H31FN6O4S. The normalized spacial score (nSPS) is 13.1. The van der Waals surface area contributed by atoms with Crippen LogP contribution in [0.4, 0.5) is 10.2 Å². The lowest BCUT2D eigenvalue weighted by Gasteiger charge is -2.34. The zero-order valence-corrected chi connectivity index (χ0v) is 25.8. The van der Waals surface area contributed by atoms with E-state index in [-0.39, 0.29) is 34.4 Å². The lowest BCUT2D eigenvalue weighted by atomic mass is 9.91. The van der Waals surface area contributed by atoms with E-state index in [1.165, 1.54) is 37.1 Å². The van der Waals surface area contributed by atoms with Crippen molar-refractivity contribution in [2.45, 2.75) is 30.3 Å². The van der Waals surface area contributed by atoms with Crippen molar-refractivity contribution in [3.63, 3.8) is 0 Å². The van der Waals surface area contributed by atoms with Crippen LogP contribution in [0.3, 0.4) is 0 Å². The fraction of sp³-hybridized carbons (Fsp3) is 0.235. The Balaban J connectivity index is 1.35. The van der Waals surface area contributed by atoms with Crippen LogP contribution in [0.15, 0.2) is 71.8 Å². The highest BCUT2D eigenvalue weighted by Crippen LogP contribution is 2.41. The molecule has 1 fully saturated rings. The number of nitrogens with one attached hydrogen (secondary N) is 2. The highest BCUT2D eigenvalue weighted by Gasteiger charge is 2.26. The summed E-state index contributed by atoms with van der Waals surface area (Å²) in [6.45, 7) is 1.96. The van der Waals surface area contributed by atoms with Gasteiger partial charge in [-0.25, -0.2) is 14.9 Å². The van der Waals surface area contributed by atoms with Crippen molar-refractivity contribution in [2.24, 2.45) is 0 Å². The van der Waals surface area contributed by atoms with Gasteiger partial charge in [0, 0.05) is 47.9 Å². The second kappa shape index (κ2) is 14.8. The Morgan fingerprint density at radius 2 is 1.83 bits per heavy atom. The molecule has 0 saturated carbocycles. The fourth-order valence-corrected chi connectivity index (χ4v) is 6.12. The average Bonchev–Trinajstić information content (AvgIpc) is 3.09. The number of anilines is 1. The van der Waals surface area contributed by atoms with Crippen molar-refractivity contribution in [3.05, 3.63) is 89.4 Å². The van der Waals surface area contributed by atoms with E-state index in [2.05, 4.69) is 16.3 Å². The number of carbonyl (C=O) groups is 1. The Kier molecular flexibility index (Phi) is 10.4. The van der Waals surface area contributed by atoms with E-state index < -0.39 is 11.7 Å². The van der Waals surface area contributed by atoms with Crippen LogP contribution in [-0.2, 0) is 11.3 Å². The highest BCUT2D eigenvalue weighted by atomic mass is 32.2. The van der Waals surface area contributed by atoms with Crippen molar-refractivity contribution in [3.8, 4) is 45.9 Å². The van der Waals surface area contributed by atoms with Gasteiger partial charge in [-0.3, -0.25) is 10.0 Å². The van der Waals surface area contributed by atoms with Gasteiger partial charge in [0.25, 0.3) is 5.91 Å². The summed E-state index contributed by atoms with van der Waals surface area (Å²) in [5.41, 5.74) is 4.87. The summed E-state index contributed by atoms with van der Waals surface area (Å²) in [6, 6.07) is 21.4. The number of methoxy groups -OCH3 is 1. The molecule has 2 heterocycles. The molecule has 12 heteroatoms. The van der Waals surface area contributed by atoms with Gasteiger partial charge in [0.2, 0.25) is 0 Å². The number of rotatable bonds is 10. The molecule has 1 aromatic heterocycles. The van der Waals surface area contributed by atoms with Gasteiger partial charge in [-0.15, -0.1) is 11.8 Å². The molecule has 10 nitrogen and oxygen atoms in total. The number of amides is 1. The summed E-state index contributed by atoms with van der Waals surface area (Å²) in [4.78, 5) is 18.9. The van der Waals surface area contributed by atoms with Crippen molar-refractivity contribution in [2.75, 3.05) is 30.9 Å². The van der Waals surface area contributed by atoms with Crippen molar-refractivity contribution in [1.29, 1.82) is 10.5 Å². The fourth-order valence-electron chi connectivity index (χ4n) is 5.43. The average molecular weight is 639 g/mol. The molecule has 1 aliphatic heterocycles. The molecule has 46 heavy (non-hydrogen) atoms. The van der Waals surface area contributed by atoms with Crippen LogP contribution in [0.25, 0.3) is 22.3 Å². The number of phenolic OH excluding ortho intramolecular Hbond substituents is 1. The van der Waals surface area contributed by atoms with Crippen molar-refractivity contribution in [1.82, 2.24) is 15.8 Å². The number of thioether (sulfide) groups is 1. The molecule has 4 aromatic rings. The summed E-state index contributed by atoms with van der Waals surface area (Å²) in [5.74, 6) is -0.320. The zero-order valence-electron chi connectivity index (χ0n) is 25.0. The minimum atomic E-state index is -0.694. The van der Waals surface area contributed by atoms with Crippen LogP contribution in [0, 0.1) is 28.5 Å². The van der Waals surface area contributed by atoms with Gasteiger partial charge in [-0.1, -0.05) is 24.3 Å². The van der Waals surface area contributed by atoms with E-state index in [0.29, 0.717) is 47.7 Å². The maximum Gasteiger partial charge on any atom is 0.253 e. The number of ether oxygens (including phenoxy) is 1. The first-order valence-electron chi connectivity index (χ1n) is 14.5. The molecule has 1 aliphatic rings. The Hall–Kier alpha value is -5.14. The molecule has 0 unspecified atom stereocenters. The molecule has 0 bridgehead atoms. The first-order valence-corrected chi connectivity index (χ1v) is 15.5. The van der Waals surface area contributed by atoms with Gasteiger partial charge in [0.1, 0.15) is 29.3 Å². The number of aromatic nitrogens is 1. The predicted molar refractivity (Wildman–Crippen MR) is 172 cm³/mol. The van der Waals surface area contributed by atoms with Gasteiger partial charge in [0.05, 0.1) is 18.4 Å². The molecule has 1 amide bonds. The molecule has 0 aliphatic carbocycles. The maximum absolute atomic E-state index is 14.8. The molecule has 1 saturated heterocycles. The molecule has 234 valence electrons. The Morgan fingerprint density at radius 3 is 2.46 bits per heavy atom. The number of hydroxylamine groups is 1. The van der Waals surface area contributed by atoms with E-state index in [1.54, 1.807) is 29.9 Å². The molecule has 0 spiro atoms. The zero-order chi connectivity index (χ0) is 32.6. The largest absolute Gasteiger partial charge is 0.504 e. The molecule has 4 N–H and O–H groups in total. The number of pyridine rings is 1. The lowest BCUT2D eigenvalue weighted by Crippen LogP contribution is -2.42. The second-order valence-corrected chi connectivity index (χ2v) is 11.7. The lowest BCUT2D eigenvalue weighted by molar-refractivity contribution is -0.126. The standard InChI is InChI=1S/C34H31FN6O4S/c1-45-31-9-6-22(15-30(31)42)28-19-39-34(27(17-37)33(28)23-4-5-24(16-36)29(35)14-23)41-12-10-25(11-13-41)38-18-21-2-7-26(8-3-21)46-20-32(43)40-44/h2-9,14-15,19,25,38,42,44H,10-13,18,20H2,1H3,(H,40,43). The quantitative estimate of drug-likeness (QED) is 0.101. The van der Waals surface area contributed by atoms with Crippen molar-refractivity contribution >= 4 is 23.5 Å². The van der Waals surface area contributed by atoms with Gasteiger partial charge >= 0.3 is 0 Å². The number of benzene rings is 3. The van der Waals surface area contributed by atoms with Crippen LogP contribution >= 0.6 is 11.8 Å². The second-order valence-electron chi connectivity index (χ2n) is 10.7.